The number of nitrogens with zero attached hydrogens (tertiary/aromatic N) is 2. The quantitative estimate of drug-likeness (QED) is 0.306. The lowest BCUT2D eigenvalue weighted by atomic mass is 10.0. The Morgan fingerprint density at radius 1 is 1.09 bits per heavy atom. The van der Waals surface area contributed by atoms with E-state index in [1.165, 1.54) is 4.90 Å². The SMILES string of the molecule is CCOc1cc(O[C@@H]2C[C@H]3C(=O)N[C@]4(C(=O)NS(=O)(=O)OC5(C)CC5)C[C@@H]4CCCCCCC[C@H](NC(=O)OC(C)(C)C)C(=O)N3C2)c2cccc(Cl)c2n1. The lowest BCUT2D eigenvalue weighted by molar-refractivity contribution is -0.141. The first-order valence-corrected chi connectivity index (χ1v) is 21.0. The number of para-hydroxylation sites is 1. The molecule has 0 radical (unpaired) electrons. The van der Waals surface area contributed by atoms with Crippen molar-refractivity contribution in [2.75, 3.05) is 13.2 Å². The lowest BCUT2D eigenvalue weighted by Crippen LogP contribution is -2.58. The van der Waals surface area contributed by atoms with E-state index in [4.69, 9.17) is 30.0 Å². The molecule has 0 bridgehead atoms. The van der Waals surface area contributed by atoms with Crippen molar-refractivity contribution < 1.29 is 46.0 Å². The molecule has 302 valence electrons. The second-order valence-electron chi connectivity index (χ2n) is 16.3. The number of alkyl carbamates (subject to hydrolysis) is 1. The van der Waals surface area contributed by atoms with Crippen molar-refractivity contribution in [3.05, 3.63) is 29.3 Å². The van der Waals surface area contributed by atoms with E-state index in [2.05, 4.69) is 20.3 Å². The Hall–Kier alpha value is -3.89. The predicted molar refractivity (Wildman–Crippen MR) is 203 cm³/mol. The molecule has 0 spiro atoms. The summed E-state index contributed by atoms with van der Waals surface area (Å²) in [5.74, 6) is -1.69. The largest absolute Gasteiger partial charge is 0.488 e. The summed E-state index contributed by atoms with van der Waals surface area (Å²) >= 11 is 6.51. The van der Waals surface area contributed by atoms with Crippen LogP contribution in [0.4, 0.5) is 4.79 Å². The topological polar surface area (TPSA) is 192 Å². The standard InChI is InChI=1S/C38H52ClN5O10S/c1-6-51-30-20-29(25-14-12-15-26(39)31(25)41-30)52-24-19-28-32(45)42-38(34(47)43-55(49,50)54-37(5)17-18-37)21-23(38)13-10-8-7-9-11-16-27(33(46)44(28)22-24)40-35(48)53-36(2,3)4/h12,14-15,20,23-24,27-28H,6-11,13,16-19,21-22H2,1-5H3,(H,40,48)(H,42,45)(H,43,47)/t23-,24+,27-,28-,38+/m0/s1. The molecule has 2 aromatic rings. The first-order valence-electron chi connectivity index (χ1n) is 19.2. The molecular weight excluding hydrogens is 754 g/mol. The van der Waals surface area contributed by atoms with E-state index in [0.29, 0.717) is 60.4 Å². The van der Waals surface area contributed by atoms with Crippen LogP contribution in [-0.2, 0) is 33.6 Å². The molecule has 3 N–H and O–H groups in total. The van der Waals surface area contributed by atoms with Crippen molar-refractivity contribution in [1.82, 2.24) is 25.2 Å². The molecule has 4 amide bonds. The number of amides is 4. The maximum atomic E-state index is 14.5. The molecule has 4 aliphatic rings. The molecule has 55 heavy (non-hydrogen) atoms. The van der Waals surface area contributed by atoms with Gasteiger partial charge in [-0.25, -0.2) is 18.7 Å². The number of rotatable bonds is 9. The Morgan fingerprint density at radius 3 is 2.49 bits per heavy atom. The second-order valence-corrected chi connectivity index (χ2v) is 18.0. The van der Waals surface area contributed by atoms with Gasteiger partial charge in [0.2, 0.25) is 17.7 Å². The first kappa shape index (κ1) is 40.8. The van der Waals surface area contributed by atoms with Gasteiger partial charge in [0, 0.05) is 17.9 Å². The van der Waals surface area contributed by atoms with Crippen molar-refractivity contribution in [2.24, 2.45) is 5.92 Å². The van der Waals surface area contributed by atoms with Crippen LogP contribution in [-0.4, -0.2) is 90.2 Å². The van der Waals surface area contributed by atoms with Gasteiger partial charge in [-0.1, -0.05) is 49.8 Å². The van der Waals surface area contributed by atoms with E-state index in [1.807, 2.05) is 6.92 Å². The highest BCUT2D eigenvalue weighted by Crippen LogP contribution is 2.48. The summed E-state index contributed by atoms with van der Waals surface area (Å²) < 4.78 is 50.9. The maximum Gasteiger partial charge on any atom is 0.408 e. The molecule has 2 aliphatic carbocycles. The van der Waals surface area contributed by atoms with Gasteiger partial charge >= 0.3 is 16.4 Å². The molecule has 15 nitrogen and oxygen atoms in total. The van der Waals surface area contributed by atoms with Crippen molar-refractivity contribution in [2.45, 2.75) is 140 Å². The fourth-order valence-corrected chi connectivity index (χ4v) is 8.79. The van der Waals surface area contributed by atoms with Crippen molar-refractivity contribution in [3.8, 4) is 11.6 Å². The number of carbonyl (C=O) groups is 4. The summed E-state index contributed by atoms with van der Waals surface area (Å²) in [6.45, 7) is 8.94. The Balaban J connectivity index is 1.32. The van der Waals surface area contributed by atoms with E-state index >= 15 is 0 Å². The van der Waals surface area contributed by atoms with Gasteiger partial charge < -0.3 is 29.7 Å². The molecule has 5 atom stereocenters. The third-order valence-corrected chi connectivity index (χ3v) is 11.9. The van der Waals surface area contributed by atoms with E-state index in [-0.39, 0.29) is 31.2 Å². The summed E-state index contributed by atoms with van der Waals surface area (Å²) in [6, 6.07) is 4.72. The number of aromatic nitrogens is 1. The number of carbonyl (C=O) groups excluding carboxylic acids is 4. The third kappa shape index (κ3) is 9.92. The Morgan fingerprint density at radius 2 is 1.80 bits per heavy atom. The zero-order chi connectivity index (χ0) is 39.8. The number of fused-ring (bicyclic) bond motifs is 3. The number of nitrogens with one attached hydrogen (secondary N) is 3. The van der Waals surface area contributed by atoms with Crippen molar-refractivity contribution >= 4 is 56.6 Å². The maximum absolute atomic E-state index is 14.5. The summed E-state index contributed by atoms with van der Waals surface area (Å²) in [7, 11) is -4.46. The normalized spacial score (nSPS) is 27.1. The minimum absolute atomic E-state index is 0.0210. The van der Waals surface area contributed by atoms with Crippen LogP contribution in [0, 0.1) is 5.92 Å². The van der Waals surface area contributed by atoms with Crippen LogP contribution < -0.4 is 24.8 Å². The average molecular weight is 806 g/mol. The van der Waals surface area contributed by atoms with Gasteiger partial charge in [0.1, 0.15) is 35.1 Å². The third-order valence-electron chi connectivity index (χ3n) is 10.5. The fourth-order valence-electron chi connectivity index (χ4n) is 7.43. The molecule has 17 heteroatoms. The second kappa shape index (κ2) is 15.9. The average Bonchev–Trinajstić information content (AvgIpc) is 3.94. The summed E-state index contributed by atoms with van der Waals surface area (Å²) in [5.41, 5.74) is -2.75. The Bertz CT molecular complexity index is 1920. The number of hydrogen-bond acceptors (Lipinski definition) is 11. The van der Waals surface area contributed by atoms with E-state index < -0.39 is 69.0 Å². The van der Waals surface area contributed by atoms with E-state index in [0.717, 1.165) is 25.7 Å². The van der Waals surface area contributed by atoms with Crippen LogP contribution in [0.3, 0.4) is 0 Å². The zero-order valence-corrected chi connectivity index (χ0v) is 33.6. The molecule has 3 heterocycles. The van der Waals surface area contributed by atoms with Crippen LogP contribution >= 0.6 is 11.6 Å². The minimum Gasteiger partial charge on any atom is -0.488 e. The fraction of sp³-hybridized carbons (Fsp3) is 0.658. The molecular formula is C38H52ClN5O10S. The molecule has 1 aromatic carbocycles. The van der Waals surface area contributed by atoms with Gasteiger partial charge in [0.15, 0.2) is 0 Å². The van der Waals surface area contributed by atoms with Crippen molar-refractivity contribution in [1.29, 1.82) is 0 Å². The van der Waals surface area contributed by atoms with Crippen LogP contribution in [0.25, 0.3) is 10.9 Å². The first-order chi connectivity index (χ1) is 25.9. The molecule has 2 saturated heterocycles. The lowest BCUT2D eigenvalue weighted by Gasteiger charge is -2.30. The summed E-state index contributed by atoms with van der Waals surface area (Å²) in [5, 5.41) is 6.61. The van der Waals surface area contributed by atoms with Crippen LogP contribution in [0.2, 0.25) is 5.02 Å². The molecule has 4 fully saturated rings. The molecule has 0 unspecified atom stereocenters. The molecule has 2 saturated carbocycles. The van der Waals surface area contributed by atoms with Gasteiger partial charge in [-0.15, -0.1) is 0 Å². The highest BCUT2D eigenvalue weighted by molar-refractivity contribution is 7.85. The van der Waals surface area contributed by atoms with Gasteiger partial charge in [0.05, 0.1) is 29.3 Å². The Labute approximate surface area is 327 Å². The molecule has 6 rings (SSSR count). The number of pyridine rings is 1. The van der Waals surface area contributed by atoms with Crippen molar-refractivity contribution in [3.63, 3.8) is 0 Å². The van der Waals surface area contributed by atoms with Crippen LogP contribution in [0.5, 0.6) is 11.6 Å². The van der Waals surface area contributed by atoms with Crippen LogP contribution in [0.15, 0.2) is 24.3 Å². The number of halogens is 1. The zero-order valence-electron chi connectivity index (χ0n) is 32.1. The highest BCUT2D eigenvalue weighted by Gasteiger charge is 2.62. The molecule has 2 aliphatic heterocycles. The Kier molecular flexibility index (Phi) is 11.8. The number of ether oxygens (including phenoxy) is 3. The van der Waals surface area contributed by atoms with Gasteiger partial charge in [-0.05, 0) is 84.8 Å². The van der Waals surface area contributed by atoms with Gasteiger partial charge in [-0.2, -0.15) is 8.42 Å². The van der Waals surface area contributed by atoms with E-state index in [9.17, 15) is 27.6 Å². The van der Waals surface area contributed by atoms with E-state index in [1.54, 1.807) is 52.0 Å². The number of benzene rings is 1. The highest BCUT2D eigenvalue weighted by atomic mass is 35.5. The monoisotopic (exact) mass is 805 g/mol. The number of hydrogen-bond donors (Lipinski definition) is 3. The van der Waals surface area contributed by atoms with Crippen LogP contribution in [0.1, 0.15) is 105 Å². The summed E-state index contributed by atoms with van der Waals surface area (Å²) in [6.07, 6.45) is 4.61. The molecule has 1 aromatic heterocycles. The predicted octanol–water partition coefficient (Wildman–Crippen LogP) is 5.08. The smallest absolute Gasteiger partial charge is 0.408 e. The van der Waals surface area contributed by atoms with Gasteiger partial charge in [0.25, 0.3) is 5.91 Å². The van der Waals surface area contributed by atoms with Gasteiger partial charge in [-0.3, -0.25) is 14.4 Å². The summed E-state index contributed by atoms with van der Waals surface area (Å²) in [4.78, 5) is 61.7. The minimum atomic E-state index is -4.46.